The number of nitrogens with zero attached hydrogens (tertiary/aromatic N) is 4. The summed E-state index contributed by atoms with van der Waals surface area (Å²) >= 11 is 6.84. The van der Waals surface area contributed by atoms with Crippen molar-refractivity contribution in [2.24, 2.45) is 5.10 Å². The molecule has 34 heavy (non-hydrogen) atoms. The van der Waals surface area contributed by atoms with Crippen molar-refractivity contribution in [3.63, 3.8) is 0 Å². The van der Waals surface area contributed by atoms with Gasteiger partial charge in [-0.1, -0.05) is 50.9 Å². The Morgan fingerprint density at radius 2 is 1.88 bits per heavy atom. The van der Waals surface area contributed by atoms with E-state index in [1.54, 1.807) is 36.5 Å². The molecule has 0 fully saturated rings. The van der Waals surface area contributed by atoms with Crippen LogP contribution in [-0.2, 0) is 13.0 Å². The lowest BCUT2D eigenvalue weighted by atomic mass is 10.2. The van der Waals surface area contributed by atoms with Crippen LogP contribution in [0, 0.1) is 10.1 Å². The zero-order valence-electron chi connectivity index (χ0n) is 17.9. The lowest BCUT2D eigenvalue weighted by Crippen LogP contribution is -2.22. The zero-order chi connectivity index (χ0) is 24.2. The summed E-state index contributed by atoms with van der Waals surface area (Å²) in [5.74, 6) is 1.05. The van der Waals surface area contributed by atoms with Crippen molar-refractivity contribution >= 4 is 54.7 Å². The molecule has 0 saturated heterocycles. The minimum Gasteiger partial charge on any atom is -0.488 e. The molecule has 0 aliphatic rings. The van der Waals surface area contributed by atoms with Crippen molar-refractivity contribution in [1.82, 2.24) is 9.66 Å². The molecule has 0 aliphatic heterocycles. The van der Waals surface area contributed by atoms with Gasteiger partial charge in [0.15, 0.2) is 0 Å². The first kappa shape index (κ1) is 23.8. The number of ether oxygens (including phenoxy) is 1. The van der Waals surface area contributed by atoms with E-state index in [1.165, 1.54) is 16.8 Å². The average molecular weight is 586 g/mol. The van der Waals surface area contributed by atoms with Crippen molar-refractivity contribution < 1.29 is 9.66 Å². The number of non-ortho nitro benzene ring substituents is 1. The number of fused-ring (bicyclic) bond motifs is 1. The lowest BCUT2D eigenvalue weighted by molar-refractivity contribution is -0.384. The maximum absolute atomic E-state index is 13.1. The number of rotatable bonds is 7. The third-order valence-electron chi connectivity index (χ3n) is 4.99. The second-order valence-electron chi connectivity index (χ2n) is 7.30. The summed E-state index contributed by atoms with van der Waals surface area (Å²) in [5, 5.41) is 15.9. The van der Waals surface area contributed by atoms with Gasteiger partial charge in [-0.3, -0.25) is 14.9 Å². The highest BCUT2D eigenvalue weighted by atomic mass is 79.9. The Morgan fingerprint density at radius 1 is 1.12 bits per heavy atom. The van der Waals surface area contributed by atoms with E-state index in [1.807, 2.05) is 25.1 Å². The van der Waals surface area contributed by atoms with Gasteiger partial charge in [0.2, 0.25) is 0 Å². The Hall–Kier alpha value is -3.37. The van der Waals surface area contributed by atoms with Crippen molar-refractivity contribution in [3.05, 3.63) is 107 Å². The molecule has 0 bridgehead atoms. The van der Waals surface area contributed by atoms with Crippen molar-refractivity contribution in [2.75, 3.05) is 0 Å². The topological polar surface area (TPSA) is 99.6 Å². The Balaban J connectivity index is 1.68. The minimum atomic E-state index is -0.444. The molecule has 8 nitrogen and oxygen atoms in total. The molecule has 4 aromatic rings. The first-order valence-electron chi connectivity index (χ1n) is 10.3. The van der Waals surface area contributed by atoms with E-state index in [-0.39, 0.29) is 17.9 Å². The smallest absolute Gasteiger partial charge is 0.282 e. The Labute approximate surface area is 211 Å². The van der Waals surface area contributed by atoms with E-state index in [2.05, 4.69) is 41.9 Å². The van der Waals surface area contributed by atoms with Gasteiger partial charge in [0.1, 0.15) is 18.2 Å². The van der Waals surface area contributed by atoms with E-state index in [0.29, 0.717) is 40.0 Å². The van der Waals surface area contributed by atoms with Crippen LogP contribution in [0.5, 0.6) is 5.75 Å². The predicted molar refractivity (Wildman–Crippen MR) is 138 cm³/mol. The number of nitro groups is 1. The second kappa shape index (κ2) is 10.3. The molecule has 1 heterocycles. The number of hydrogen-bond donors (Lipinski definition) is 0. The number of aromatic nitrogens is 2. The standard InChI is InChI=1S/C24H18Br2N4O4/c1-2-23-28-21-8-6-18(26)12-20(21)24(31)29(23)27-13-16-11-17(25)7-9-22(16)34-14-15-4-3-5-19(10-15)30(32)33/h3-13H,2,14H2,1H3. The molecule has 0 atom stereocenters. The molecule has 10 heteroatoms. The fourth-order valence-electron chi connectivity index (χ4n) is 3.34. The van der Waals surface area contributed by atoms with Gasteiger partial charge in [-0.25, -0.2) is 4.98 Å². The number of halogens is 2. The normalized spacial score (nSPS) is 11.3. The molecule has 0 saturated carbocycles. The van der Waals surface area contributed by atoms with E-state index in [4.69, 9.17) is 4.74 Å². The van der Waals surface area contributed by atoms with Gasteiger partial charge in [0.05, 0.1) is 22.0 Å². The summed E-state index contributed by atoms with van der Waals surface area (Å²) in [5.41, 5.74) is 1.63. The first-order chi connectivity index (χ1) is 16.4. The van der Waals surface area contributed by atoms with E-state index in [9.17, 15) is 14.9 Å². The molecule has 0 spiro atoms. The summed E-state index contributed by atoms with van der Waals surface area (Å²) in [6.45, 7) is 2.04. The minimum absolute atomic E-state index is 0.000559. The highest BCUT2D eigenvalue weighted by Crippen LogP contribution is 2.24. The first-order valence-corrected chi connectivity index (χ1v) is 11.9. The largest absolute Gasteiger partial charge is 0.488 e. The van der Waals surface area contributed by atoms with Crippen molar-refractivity contribution in [2.45, 2.75) is 20.0 Å². The summed E-state index contributed by atoms with van der Waals surface area (Å²) in [4.78, 5) is 28.3. The summed E-state index contributed by atoms with van der Waals surface area (Å²) < 4.78 is 8.81. The third kappa shape index (κ3) is 5.23. The van der Waals surface area contributed by atoms with Gasteiger partial charge >= 0.3 is 0 Å². The lowest BCUT2D eigenvalue weighted by Gasteiger charge is -2.11. The summed E-state index contributed by atoms with van der Waals surface area (Å²) in [7, 11) is 0. The van der Waals surface area contributed by atoms with E-state index in [0.717, 1.165) is 8.95 Å². The Morgan fingerprint density at radius 3 is 2.65 bits per heavy atom. The molecule has 0 unspecified atom stereocenters. The predicted octanol–water partition coefficient (Wildman–Crippen LogP) is 5.85. The van der Waals surface area contributed by atoms with E-state index < -0.39 is 4.92 Å². The molecular formula is C24H18Br2N4O4. The van der Waals surface area contributed by atoms with Gasteiger partial charge in [-0.2, -0.15) is 9.78 Å². The van der Waals surface area contributed by atoms with Crippen LogP contribution >= 0.6 is 31.9 Å². The van der Waals surface area contributed by atoms with Gasteiger partial charge in [0.25, 0.3) is 11.2 Å². The average Bonchev–Trinajstić information content (AvgIpc) is 2.83. The zero-order valence-corrected chi connectivity index (χ0v) is 21.1. The Bertz CT molecular complexity index is 1480. The molecule has 4 rings (SSSR count). The van der Waals surface area contributed by atoms with Crippen LogP contribution in [0.4, 0.5) is 5.69 Å². The summed E-state index contributed by atoms with van der Waals surface area (Å²) in [6, 6.07) is 17.0. The van der Waals surface area contributed by atoms with Crippen LogP contribution in [0.15, 0.2) is 79.5 Å². The van der Waals surface area contributed by atoms with Crippen molar-refractivity contribution in [3.8, 4) is 5.75 Å². The maximum atomic E-state index is 13.1. The molecule has 1 aromatic heterocycles. The molecule has 0 radical (unpaired) electrons. The highest BCUT2D eigenvalue weighted by molar-refractivity contribution is 9.10. The molecule has 0 aliphatic carbocycles. The number of benzene rings is 3. The number of nitro benzene ring substituents is 1. The third-order valence-corrected chi connectivity index (χ3v) is 5.98. The van der Waals surface area contributed by atoms with Crippen molar-refractivity contribution in [1.29, 1.82) is 0 Å². The summed E-state index contributed by atoms with van der Waals surface area (Å²) in [6.07, 6.45) is 2.06. The SMILES string of the molecule is CCc1nc2ccc(Br)cc2c(=O)n1N=Cc1cc(Br)ccc1OCc1cccc([N+](=O)[O-])c1. The van der Waals surface area contributed by atoms with Crippen LogP contribution < -0.4 is 10.3 Å². The van der Waals surface area contributed by atoms with Gasteiger partial charge in [-0.05, 0) is 42.0 Å². The molecule has 0 amide bonds. The fourth-order valence-corrected chi connectivity index (χ4v) is 4.08. The van der Waals surface area contributed by atoms with Gasteiger partial charge in [0, 0.05) is 33.1 Å². The van der Waals surface area contributed by atoms with Crippen LogP contribution in [0.2, 0.25) is 0 Å². The quantitative estimate of drug-likeness (QED) is 0.154. The van der Waals surface area contributed by atoms with Gasteiger partial charge in [-0.15, -0.1) is 0 Å². The van der Waals surface area contributed by atoms with Crippen LogP contribution in [-0.4, -0.2) is 20.8 Å². The molecule has 0 N–H and O–H groups in total. The second-order valence-corrected chi connectivity index (χ2v) is 9.13. The van der Waals surface area contributed by atoms with Crippen LogP contribution in [0.3, 0.4) is 0 Å². The van der Waals surface area contributed by atoms with Crippen LogP contribution in [0.1, 0.15) is 23.9 Å². The Kier molecular flexibility index (Phi) is 7.18. The highest BCUT2D eigenvalue weighted by Gasteiger charge is 2.11. The van der Waals surface area contributed by atoms with Gasteiger partial charge < -0.3 is 4.74 Å². The van der Waals surface area contributed by atoms with E-state index >= 15 is 0 Å². The number of aryl methyl sites for hydroxylation is 1. The molecular weight excluding hydrogens is 568 g/mol. The number of hydrogen-bond acceptors (Lipinski definition) is 6. The van der Waals surface area contributed by atoms with Crippen LogP contribution in [0.25, 0.3) is 10.9 Å². The monoisotopic (exact) mass is 584 g/mol. The molecule has 172 valence electrons. The fraction of sp³-hybridized carbons (Fsp3) is 0.125. The molecule has 3 aromatic carbocycles. The maximum Gasteiger partial charge on any atom is 0.282 e.